The SMILES string of the molecule is CCc1ccnc(-n2c3ccccc3c3ccc(Oc4cc(C)cc(-n5cc(-c6c(C(C)C)cc(C)cc6C(C)C)cn5)c4)cc32)c1. The summed E-state index contributed by atoms with van der Waals surface area (Å²) >= 11 is 0. The summed E-state index contributed by atoms with van der Waals surface area (Å²) in [6.07, 6.45) is 7.01. The van der Waals surface area contributed by atoms with Crippen molar-refractivity contribution < 1.29 is 4.74 Å². The third-order valence-electron chi connectivity index (χ3n) is 9.09. The van der Waals surface area contributed by atoms with E-state index in [1.807, 2.05) is 17.1 Å². The van der Waals surface area contributed by atoms with Gasteiger partial charge in [0.1, 0.15) is 17.3 Å². The maximum atomic E-state index is 6.59. The highest BCUT2D eigenvalue weighted by molar-refractivity contribution is 6.09. The maximum Gasteiger partial charge on any atom is 0.137 e. The number of fused-ring (bicyclic) bond motifs is 3. The van der Waals surface area contributed by atoms with Gasteiger partial charge in [-0.25, -0.2) is 9.67 Å². The van der Waals surface area contributed by atoms with E-state index in [2.05, 4.69) is 144 Å². The molecule has 0 saturated carbocycles. The predicted molar refractivity (Wildman–Crippen MR) is 195 cm³/mol. The average Bonchev–Trinajstić information content (AvgIpc) is 3.67. The lowest BCUT2D eigenvalue weighted by Gasteiger charge is -2.20. The largest absolute Gasteiger partial charge is 0.457 e. The maximum absolute atomic E-state index is 6.59. The van der Waals surface area contributed by atoms with Crippen LogP contribution in [0, 0.1) is 13.8 Å². The number of aryl methyl sites for hydroxylation is 3. The molecule has 3 heterocycles. The molecule has 236 valence electrons. The van der Waals surface area contributed by atoms with Crippen LogP contribution in [0.5, 0.6) is 11.5 Å². The highest BCUT2D eigenvalue weighted by Gasteiger charge is 2.19. The molecular formula is C42H42N4O. The van der Waals surface area contributed by atoms with Gasteiger partial charge in [0.2, 0.25) is 0 Å². The molecule has 0 aliphatic carbocycles. The minimum Gasteiger partial charge on any atom is -0.457 e. The van der Waals surface area contributed by atoms with Crippen molar-refractivity contribution in [2.24, 2.45) is 0 Å². The number of para-hydroxylation sites is 1. The van der Waals surface area contributed by atoms with Gasteiger partial charge in [-0.3, -0.25) is 4.57 Å². The van der Waals surface area contributed by atoms with Crippen molar-refractivity contribution in [2.75, 3.05) is 0 Å². The zero-order valence-corrected chi connectivity index (χ0v) is 28.4. The third-order valence-corrected chi connectivity index (χ3v) is 9.09. The van der Waals surface area contributed by atoms with Gasteiger partial charge < -0.3 is 4.74 Å². The van der Waals surface area contributed by atoms with Crippen LogP contribution in [-0.2, 0) is 6.42 Å². The average molecular weight is 619 g/mol. The number of hydrogen-bond acceptors (Lipinski definition) is 3. The molecule has 5 nitrogen and oxygen atoms in total. The number of rotatable bonds is 8. The molecule has 0 atom stereocenters. The normalized spacial score (nSPS) is 11.8. The molecule has 0 saturated heterocycles. The Morgan fingerprint density at radius 3 is 2.19 bits per heavy atom. The summed E-state index contributed by atoms with van der Waals surface area (Å²) in [5.74, 6) is 3.27. The van der Waals surface area contributed by atoms with Gasteiger partial charge in [0, 0.05) is 40.9 Å². The number of benzene rings is 4. The van der Waals surface area contributed by atoms with Gasteiger partial charge in [-0.05, 0) is 102 Å². The molecule has 0 bridgehead atoms. The van der Waals surface area contributed by atoms with Gasteiger partial charge in [0.15, 0.2) is 0 Å². The van der Waals surface area contributed by atoms with E-state index in [1.54, 1.807) is 0 Å². The third kappa shape index (κ3) is 5.71. The van der Waals surface area contributed by atoms with Crippen molar-refractivity contribution >= 4 is 21.8 Å². The zero-order valence-electron chi connectivity index (χ0n) is 28.4. The van der Waals surface area contributed by atoms with Crippen LogP contribution in [0.2, 0.25) is 0 Å². The molecule has 0 amide bonds. The molecule has 0 aliphatic rings. The van der Waals surface area contributed by atoms with Crippen molar-refractivity contribution in [1.82, 2.24) is 19.3 Å². The van der Waals surface area contributed by atoms with E-state index in [9.17, 15) is 0 Å². The Hall–Kier alpha value is -5.16. The van der Waals surface area contributed by atoms with Crippen molar-refractivity contribution in [3.63, 3.8) is 0 Å². The summed E-state index contributed by atoms with van der Waals surface area (Å²) in [7, 11) is 0. The van der Waals surface area contributed by atoms with E-state index < -0.39 is 0 Å². The summed E-state index contributed by atoms with van der Waals surface area (Å²) < 4.78 is 10.8. The monoisotopic (exact) mass is 618 g/mol. The standard InChI is InChI=1S/C42H42N4O/c1-8-30-15-16-43-41(21-30)46-39-12-10-9-11-35(39)36-14-13-33(23-40(36)46)47-34-18-28(6)17-32(22-34)45-25-31(24-44-45)42-37(26(2)3)19-29(7)20-38(42)27(4)5/h9-27H,8H2,1-7H3. The molecule has 3 aromatic heterocycles. The fourth-order valence-corrected chi connectivity index (χ4v) is 6.80. The van der Waals surface area contributed by atoms with Crippen LogP contribution >= 0.6 is 0 Å². The van der Waals surface area contributed by atoms with E-state index in [0.29, 0.717) is 11.8 Å². The lowest BCUT2D eigenvalue weighted by Crippen LogP contribution is -2.01. The first-order chi connectivity index (χ1) is 22.7. The summed E-state index contributed by atoms with van der Waals surface area (Å²) in [6, 6.07) is 30.1. The topological polar surface area (TPSA) is 44.9 Å². The van der Waals surface area contributed by atoms with Crippen molar-refractivity contribution in [1.29, 1.82) is 0 Å². The Morgan fingerprint density at radius 1 is 0.723 bits per heavy atom. The molecule has 0 unspecified atom stereocenters. The van der Waals surface area contributed by atoms with Crippen LogP contribution in [0.3, 0.4) is 0 Å². The Kier molecular flexibility index (Phi) is 7.93. The summed E-state index contributed by atoms with van der Waals surface area (Å²) in [5.41, 5.74) is 12.0. The quantitative estimate of drug-likeness (QED) is 0.170. The lowest BCUT2D eigenvalue weighted by molar-refractivity contribution is 0.482. The summed E-state index contributed by atoms with van der Waals surface area (Å²) in [5, 5.41) is 7.21. The van der Waals surface area contributed by atoms with Gasteiger partial charge >= 0.3 is 0 Å². The van der Waals surface area contributed by atoms with Gasteiger partial charge in [-0.1, -0.05) is 70.5 Å². The van der Waals surface area contributed by atoms with Gasteiger partial charge in [-0.15, -0.1) is 0 Å². The second-order valence-corrected chi connectivity index (χ2v) is 13.3. The van der Waals surface area contributed by atoms with Crippen molar-refractivity contribution in [2.45, 2.75) is 66.7 Å². The smallest absolute Gasteiger partial charge is 0.137 e. The molecule has 5 heteroatoms. The number of aromatic nitrogens is 4. The van der Waals surface area contributed by atoms with Crippen LogP contribution in [0.25, 0.3) is 44.4 Å². The van der Waals surface area contributed by atoms with Gasteiger partial charge in [0.25, 0.3) is 0 Å². The molecule has 0 N–H and O–H groups in total. The van der Waals surface area contributed by atoms with Crippen LogP contribution in [0.1, 0.15) is 74.3 Å². The first kappa shape index (κ1) is 30.5. The Morgan fingerprint density at radius 2 is 1.45 bits per heavy atom. The molecule has 4 aromatic carbocycles. The lowest BCUT2D eigenvalue weighted by atomic mass is 9.84. The van der Waals surface area contributed by atoms with Crippen LogP contribution < -0.4 is 4.74 Å². The van der Waals surface area contributed by atoms with Gasteiger partial charge in [0.05, 0.1) is 22.9 Å². The fraction of sp³-hybridized carbons (Fsp3) is 0.238. The molecule has 0 radical (unpaired) electrons. The molecule has 7 aromatic rings. The summed E-state index contributed by atoms with van der Waals surface area (Å²) in [6.45, 7) is 15.5. The predicted octanol–water partition coefficient (Wildman–Crippen LogP) is 11.2. The van der Waals surface area contributed by atoms with Crippen LogP contribution in [0.4, 0.5) is 0 Å². The Bertz CT molecular complexity index is 2220. The summed E-state index contributed by atoms with van der Waals surface area (Å²) in [4.78, 5) is 4.77. The van der Waals surface area contributed by atoms with Crippen LogP contribution in [-0.4, -0.2) is 19.3 Å². The molecular weight excluding hydrogens is 576 g/mol. The molecule has 0 fully saturated rings. The van der Waals surface area contributed by atoms with Gasteiger partial charge in [-0.2, -0.15) is 5.10 Å². The van der Waals surface area contributed by atoms with E-state index in [1.165, 1.54) is 38.6 Å². The molecule has 47 heavy (non-hydrogen) atoms. The van der Waals surface area contributed by atoms with E-state index in [-0.39, 0.29) is 0 Å². The Labute approximate surface area is 277 Å². The molecule has 0 spiro atoms. The first-order valence-corrected chi connectivity index (χ1v) is 16.7. The first-order valence-electron chi connectivity index (χ1n) is 16.7. The minimum absolute atomic E-state index is 0.409. The highest BCUT2D eigenvalue weighted by Crippen LogP contribution is 2.38. The van der Waals surface area contributed by atoms with E-state index in [0.717, 1.165) is 51.6 Å². The zero-order chi connectivity index (χ0) is 32.8. The second kappa shape index (κ2) is 12.2. The molecule has 0 aliphatic heterocycles. The fourth-order valence-electron chi connectivity index (χ4n) is 6.80. The Balaban J connectivity index is 1.27. The number of hydrogen-bond donors (Lipinski definition) is 0. The second-order valence-electron chi connectivity index (χ2n) is 13.3. The molecule has 7 rings (SSSR count). The van der Waals surface area contributed by atoms with Crippen LogP contribution in [0.15, 0.2) is 104 Å². The van der Waals surface area contributed by atoms with E-state index in [4.69, 9.17) is 14.8 Å². The van der Waals surface area contributed by atoms with Crippen molar-refractivity contribution in [3.05, 3.63) is 131 Å². The number of ether oxygens (including phenoxy) is 1. The van der Waals surface area contributed by atoms with Crippen molar-refractivity contribution in [3.8, 4) is 34.1 Å². The number of nitrogens with zero attached hydrogens (tertiary/aromatic N) is 4. The van der Waals surface area contributed by atoms with E-state index >= 15 is 0 Å². The highest BCUT2D eigenvalue weighted by atomic mass is 16.5. The minimum atomic E-state index is 0.409. The number of pyridine rings is 1.